The average Bonchev–Trinajstić information content (AvgIpc) is 2.51. The summed E-state index contributed by atoms with van der Waals surface area (Å²) < 4.78 is 23.4. The zero-order chi connectivity index (χ0) is 18.1. The number of anilines is 1. The van der Waals surface area contributed by atoms with Gasteiger partial charge < -0.3 is 20.5 Å². The molecule has 1 amide bonds. The highest BCUT2D eigenvalue weighted by atomic mass is 19.1. The van der Waals surface area contributed by atoms with Crippen LogP contribution in [0.3, 0.4) is 0 Å². The van der Waals surface area contributed by atoms with Crippen LogP contribution in [0.15, 0.2) is 18.2 Å². The Hall–Kier alpha value is -2.64. The highest BCUT2D eigenvalue weighted by molar-refractivity contribution is 5.97. The van der Waals surface area contributed by atoms with Gasteiger partial charge >= 0.3 is 11.9 Å². The molecule has 0 aromatic heterocycles. The van der Waals surface area contributed by atoms with Gasteiger partial charge in [0.2, 0.25) is 0 Å². The molecule has 1 rings (SSSR count). The zero-order valence-corrected chi connectivity index (χ0v) is 13.6. The molecule has 0 aliphatic rings. The van der Waals surface area contributed by atoms with Gasteiger partial charge in [-0.15, -0.1) is 0 Å². The first-order valence-electron chi connectivity index (χ1n) is 7.57. The van der Waals surface area contributed by atoms with Crippen molar-refractivity contribution in [2.24, 2.45) is 0 Å². The van der Waals surface area contributed by atoms with Gasteiger partial charge in [0.1, 0.15) is 11.9 Å². The van der Waals surface area contributed by atoms with Gasteiger partial charge in [-0.25, -0.2) is 9.18 Å². The third-order valence-corrected chi connectivity index (χ3v) is 3.06. The number of nitrogens with one attached hydrogen (secondary N) is 1. The molecule has 0 bridgehead atoms. The lowest BCUT2D eigenvalue weighted by atomic mass is 10.1. The topological polar surface area (TPSA) is 108 Å². The number of amides is 1. The molecule has 8 heteroatoms. The molecule has 7 nitrogen and oxygen atoms in total. The van der Waals surface area contributed by atoms with Crippen LogP contribution in [-0.4, -0.2) is 37.1 Å². The van der Waals surface area contributed by atoms with Gasteiger partial charge in [0.05, 0.1) is 18.8 Å². The summed E-state index contributed by atoms with van der Waals surface area (Å²) in [6, 6.07) is 2.51. The minimum Gasteiger partial charge on any atom is -0.466 e. The van der Waals surface area contributed by atoms with Crippen LogP contribution in [0.2, 0.25) is 0 Å². The van der Waals surface area contributed by atoms with E-state index in [0.717, 1.165) is 6.07 Å². The molecule has 0 fully saturated rings. The Morgan fingerprint density at radius 2 is 1.88 bits per heavy atom. The Balaban J connectivity index is 2.81. The fourth-order valence-electron chi connectivity index (χ4n) is 1.94. The molecule has 132 valence electrons. The first-order chi connectivity index (χ1) is 11.4. The van der Waals surface area contributed by atoms with Gasteiger partial charge in [-0.2, -0.15) is 0 Å². The monoisotopic (exact) mass is 340 g/mol. The average molecular weight is 340 g/mol. The standard InChI is InChI=1S/C16H21FN2O5/c1-3-23-14(20)8-7-13(16(22)24-4-2)19-15(21)11-6-5-10(18)9-12(11)17/h5-6,9,13H,3-4,7-8,18H2,1-2H3,(H,19,21)/t13-/m1/s1. The second-order valence-electron chi connectivity index (χ2n) is 4.86. The number of hydrogen-bond acceptors (Lipinski definition) is 6. The third-order valence-electron chi connectivity index (χ3n) is 3.06. The third kappa shape index (κ3) is 5.86. The highest BCUT2D eigenvalue weighted by Gasteiger charge is 2.25. The van der Waals surface area contributed by atoms with Gasteiger partial charge in [0.25, 0.3) is 5.91 Å². The van der Waals surface area contributed by atoms with Crippen molar-refractivity contribution in [3.8, 4) is 0 Å². The molecule has 0 spiro atoms. The Labute approximate surface area is 139 Å². The maximum Gasteiger partial charge on any atom is 0.328 e. The van der Waals surface area contributed by atoms with Crippen molar-refractivity contribution in [3.63, 3.8) is 0 Å². The first kappa shape index (κ1) is 19.4. The van der Waals surface area contributed by atoms with Crippen molar-refractivity contribution in [1.29, 1.82) is 0 Å². The Morgan fingerprint density at radius 3 is 2.46 bits per heavy atom. The molecular formula is C16H21FN2O5. The Bertz CT molecular complexity index is 606. The lowest BCUT2D eigenvalue weighted by Gasteiger charge is -2.17. The van der Waals surface area contributed by atoms with Crippen LogP contribution < -0.4 is 11.1 Å². The molecule has 0 aliphatic carbocycles. The number of nitrogen functional groups attached to an aromatic ring is 1. The molecule has 1 aromatic rings. The number of ether oxygens (including phenoxy) is 2. The molecule has 0 aliphatic heterocycles. The van der Waals surface area contributed by atoms with E-state index >= 15 is 0 Å². The molecular weight excluding hydrogens is 319 g/mol. The van der Waals surface area contributed by atoms with Crippen molar-refractivity contribution in [1.82, 2.24) is 5.32 Å². The van der Waals surface area contributed by atoms with Gasteiger partial charge in [0, 0.05) is 12.1 Å². The van der Waals surface area contributed by atoms with Crippen LogP contribution in [0.1, 0.15) is 37.0 Å². The van der Waals surface area contributed by atoms with Crippen molar-refractivity contribution in [3.05, 3.63) is 29.6 Å². The number of carbonyl (C=O) groups excluding carboxylic acids is 3. The molecule has 1 aromatic carbocycles. The van der Waals surface area contributed by atoms with Gasteiger partial charge in [-0.05, 0) is 38.5 Å². The Morgan fingerprint density at radius 1 is 1.21 bits per heavy atom. The minimum atomic E-state index is -1.08. The summed E-state index contributed by atoms with van der Waals surface area (Å²) in [5.74, 6) is -2.80. The van der Waals surface area contributed by atoms with Crippen LogP contribution >= 0.6 is 0 Å². The molecule has 0 saturated carbocycles. The second-order valence-corrected chi connectivity index (χ2v) is 4.86. The van der Waals surface area contributed by atoms with E-state index in [0.29, 0.717) is 0 Å². The van der Waals surface area contributed by atoms with Crippen LogP contribution in [0, 0.1) is 5.82 Å². The van der Waals surface area contributed by atoms with Crippen LogP contribution in [0.25, 0.3) is 0 Å². The van der Waals surface area contributed by atoms with Crippen molar-refractivity contribution >= 4 is 23.5 Å². The Kier molecular flexibility index (Phi) is 7.67. The summed E-state index contributed by atoms with van der Waals surface area (Å²) in [5.41, 5.74) is 5.35. The van der Waals surface area contributed by atoms with E-state index < -0.39 is 29.7 Å². The molecule has 1 atom stereocenters. The second kappa shape index (κ2) is 9.49. The normalized spacial score (nSPS) is 11.5. The number of carbonyl (C=O) groups is 3. The number of benzene rings is 1. The van der Waals surface area contributed by atoms with Crippen LogP contribution in [0.5, 0.6) is 0 Å². The smallest absolute Gasteiger partial charge is 0.328 e. The van der Waals surface area contributed by atoms with Crippen LogP contribution in [0.4, 0.5) is 10.1 Å². The predicted molar refractivity (Wildman–Crippen MR) is 84.6 cm³/mol. The summed E-state index contributed by atoms with van der Waals surface area (Å²) in [5, 5.41) is 2.37. The van der Waals surface area contributed by atoms with E-state index in [9.17, 15) is 18.8 Å². The quantitative estimate of drug-likeness (QED) is 0.547. The van der Waals surface area contributed by atoms with E-state index in [1.807, 2.05) is 0 Å². The minimum absolute atomic E-state index is 0.0139. The summed E-state index contributed by atoms with van der Waals surface area (Å²) in [7, 11) is 0. The van der Waals surface area contributed by atoms with Gasteiger partial charge in [0.15, 0.2) is 0 Å². The summed E-state index contributed by atoms with van der Waals surface area (Å²) in [4.78, 5) is 35.5. The predicted octanol–water partition coefficient (Wildman–Crippen LogP) is 1.41. The number of esters is 2. The fraction of sp³-hybridized carbons (Fsp3) is 0.438. The highest BCUT2D eigenvalue weighted by Crippen LogP contribution is 2.13. The summed E-state index contributed by atoms with van der Waals surface area (Å²) in [6.45, 7) is 3.60. The first-order valence-corrected chi connectivity index (χ1v) is 7.57. The summed E-state index contributed by atoms with van der Waals surface area (Å²) in [6.07, 6.45) is -0.0954. The SMILES string of the molecule is CCOC(=O)CC[C@@H](NC(=O)c1ccc(N)cc1F)C(=O)OCC. The maximum atomic E-state index is 13.8. The zero-order valence-electron chi connectivity index (χ0n) is 13.6. The lowest BCUT2D eigenvalue weighted by Crippen LogP contribution is -2.42. The molecule has 0 heterocycles. The number of hydrogen-bond donors (Lipinski definition) is 2. The number of halogens is 1. The van der Waals surface area contributed by atoms with E-state index in [4.69, 9.17) is 15.2 Å². The van der Waals surface area contributed by atoms with Crippen molar-refractivity contribution < 1.29 is 28.2 Å². The fourth-order valence-corrected chi connectivity index (χ4v) is 1.94. The molecule has 0 radical (unpaired) electrons. The molecule has 0 unspecified atom stereocenters. The van der Waals surface area contributed by atoms with E-state index in [-0.39, 0.29) is 37.3 Å². The largest absolute Gasteiger partial charge is 0.466 e. The van der Waals surface area contributed by atoms with Gasteiger partial charge in [-0.1, -0.05) is 0 Å². The van der Waals surface area contributed by atoms with Crippen molar-refractivity contribution in [2.75, 3.05) is 18.9 Å². The van der Waals surface area contributed by atoms with E-state index in [2.05, 4.69) is 5.32 Å². The summed E-state index contributed by atoms with van der Waals surface area (Å²) >= 11 is 0. The molecule has 0 saturated heterocycles. The van der Waals surface area contributed by atoms with E-state index in [1.165, 1.54) is 12.1 Å². The maximum absolute atomic E-state index is 13.8. The van der Waals surface area contributed by atoms with Crippen LogP contribution in [-0.2, 0) is 19.1 Å². The molecule has 24 heavy (non-hydrogen) atoms. The van der Waals surface area contributed by atoms with Crippen molar-refractivity contribution in [2.45, 2.75) is 32.7 Å². The number of nitrogens with two attached hydrogens (primary N) is 1. The van der Waals surface area contributed by atoms with E-state index in [1.54, 1.807) is 13.8 Å². The number of rotatable bonds is 8. The lowest BCUT2D eigenvalue weighted by molar-refractivity contribution is -0.146. The molecule has 3 N–H and O–H groups in total. The van der Waals surface area contributed by atoms with Gasteiger partial charge in [-0.3, -0.25) is 9.59 Å².